The van der Waals surface area contributed by atoms with Crippen molar-refractivity contribution in [1.29, 1.82) is 0 Å². The van der Waals surface area contributed by atoms with Crippen LogP contribution in [0.2, 0.25) is 0 Å². The van der Waals surface area contributed by atoms with Gasteiger partial charge in [-0.2, -0.15) is 0 Å². The SMILES string of the molecule is CCCNCCCOC1CCCC(CC)C1. The predicted molar refractivity (Wildman–Crippen MR) is 69.8 cm³/mol. The topological polar surface area (TPSA) is 21.3 Å². The molecule has 1 aliphatic rings. The Kier molecular flexibility index (Phi) is 7.87. The van der Waals surface area contributed by atoms with Crippen molar-refractivity contribution in [1.82, 2.24) is 5.32 Å². The first-order valence-corrected chi connectivity index (χ1v) is 7.19. The summed E-state index contributed by atoms with van der Waals surface area (Å²) in [5.74, 6) is 0.928. The third-order valence-electron chi connectivity index (χ3n) is 3.59. The largest absolute Gasteiger partial charge is 0.378 e. The van der Waals surface area contributed by atoms with Crippen molar-refractivity contribution in [2.75, 3.05) is 19.7 Å². The molecule has 0 aromatic carbocycles. The minimum absolute atomic E-state index is 0.560. The van der Waals surface area contributed by atoms with Gasteiger partial charge in [0.2, 0.25) is 0 Å². The molecule has 0 saturated heterocycles. The first-order valence-electron chi connectivity index (χ1n) is 7.19. The van der Waals surface area contributed by atoms with Crippen LogP contribution in [0.5, 0.6) is 0 Å². The van der Waals surface area contributed by atoms with E-state index in [1.807, 2.05) is 0 Å². The van der Waals surface area contributed by atoms with Crippen LogP contribution in [0.3, 0.4) is 0 Å². The third-order valence-corrected chi connectivity index (χ3v) is 3.59. The van der Waals surface area contributed by atoms with Crippen LogP contribution in [0.25, 0.3) is 0 Å². The minimum atomic E-state index is 0.560. The highest BCUT2D eigenvalue weighted by molar-refractivity contribution is 4.72. The van der Waals surface area contributed by atoms with E-state index in [0.29, 0.717) is 6.10 Å². The molecule has 2 atom stereocenters. The molecule has 0 aromatic rings. The van der Waals surface area contributed by atoms with E-state index in [0.717, 1.165) is 32.0 Å². The summed E-state index contributed by atoms with van der Waals surface area (Å²) in [5, 5.41) is 3.41. The lowest BCUT2D eigenvalue weighted by Gasteiger charge is -2.28. The fourth-order valence-electron chi connectivity index (χ4n) is 2.51. The van der Waals surface area contributed by atoms with Crippen LogP contribution >= 0.6 is 0 Å². The van der Waals surface area contributed by atoms with Crippen LogP contribution in [0.15, 0.2) is 0 Å². The average molecular weight is 227 g/mol. The standard InChI is InChI=1S/C14H29NO/c1-3-9-15-10-6-11-16-14-8-5-7-13(4-2)12-14/h13-15H,3-12H2,1-2H3. The molecule has 1 fully saturated rings. The summed E-state index contributed by atoms with van der Waals surface area (Å²) >= 11 is 0. The summed E-state index contributed by atoms with van der Waals surface area (Å²) in [6.07, 6.45) is 9.67. The van der Waals surface area contributed by atoms with Crippen LogP contribution < -0.4 is 5.32 Å². The zero-order chi connectivity index (χ0) is 11.6. The van der Waals surface area contributed by atoms with Crippen molar-refractivity contribution in [2.45, 2.75) is 64.9 Å². The zero-order valence-corrected chi connectivity index (χ0v) is 11.1. The quantitative estimate of drug-likeness (QED) is 0.642. The molecule has 0 radical (unpaired) electrons. The zero-order valence-electron chi connectivity index (χ0n) is 11.1. The summed E-state index contributed by atoms with van der Waals surface area (Å²) in [7, 11) is 0. The molecule has 1 saturated carbocycles. The van der Waals surface area contributed by atoms with Crippen LogP contribution in [0, 0.1) is 5.92 Å². The molecule has 0 aromatic heterocycles. The Morgan fingerprint density at radius 1 is 1.19 bits per heavy atom. The van der Waals surface area contributed by atoms with Gasteiger partial charge in [-0.1, -0.05) is 33.1 Å². The molecule has 16 heavy (non-hydrogen) atoms. The van der Waals surface area contributed by atoms with Crippen molar-refractivity contribution in [2.24, 2.45) is 5.92 Å². The predicted octanol–water partition coefficient (Wildman–Crippen LogP) is 3.36. The summed E-state index contributed by atoms with van der Waals surface area (Å²) in [6.45, 7) is 7.70. The van der Waals surface area contributed by atoms with Crippen molar-refractivity contribution in [3.63, 3.8) is 0 Å². The van der Waals surface area contributed by atoms with Gasteiger partial charge in [-0.3, -0.25) is 0 Å². The van der Waals surface area contributed by atoms with E-state index >= 15 is 0 Å². The Hall–Kier alpha value is -0.0800. The van der Waals surface area contributed by atoms with E-state index in [4.69, 9.17) is 4.74 Å². The Labute approximate surface area is 101 Å². The van der Waals surface area contributed by atoms with Crippen LogP contribution in [-0.2, 0) is 4.74 Å². The van der Waals surface area contributed by atoms with Crippen LogP contribution in [0.1, 0.15) is 58.8 Å². The molecular formula is C14H29NO. The number of hydrogen-bond donors (Lipinski definition) is 1. The second-order valence-electron chi connectivity index (χ2n) is 5.04. The van der Waals surface area contributed by atoms with Gasteiger partial charge in [-0.25, -0.2) is 0 Å². The minimum Gasteiger partial charge on any atom is -0.378 e. The maximum Gasteiger partial charge on any atom is 0.0577 e. The first kappa shape index (κ1) is 14.0. The van der Waals surface area contributed by atoms with Gasteiger partial charge in [0.1, 0.15) is 0 Å². The van der Waals surface area contributed by atoms with Gasteiger partial charge in [0.15, 0.2) is 0 Å². The lowest BCUT2D eigenvalue weighted by atomic mass is 9.85. The highest BCUT2D eigenvalue weighted by Crippen LogP contribution is 2.28. The molecule has 0 amide bonds. The van der Waals surface area contributed by atoms with Crippen molar-refractivity contribution in [3.8, 4) is 0 Å². The third kappa shape index (κ3) is 5.86. The molecule has 1 rings (SSSR count). The van der Waals surface area contributed by atoms with Gasteiger partial charge in [0.25, 0.3) is 0 Å². The molecule has 0 spiro atoms. The smallest absolute Gasteiger partial charge is 0.0577 e. The Morgan fingerprint density at radius 2 is 2.06 bits per heavy atom. The molecule has 2 nitrogen and oxygen atoms in total. The summed E-state index contributed by atoms with van der Waals surface area (Å²) in [5.41, 5.74) is 0. The molecule has 96 valence electrons. The van der Waals surface area contributed by atoms with E-state index in [-0.39, 0.29) is 0 Å². The van der Waals surface area contributed by atoms with Gasteiger partial charge in [0, 0.05) is 6.61 Å². The lowest BCUT2D eigenvalue weighted by molar-refractivity contribution is 0.0116. The second kappa shape index (κ2) is 9.00. The summed E-state index contributed by atoms with van der Waals surface area (Å²) < 4.78 is 5.96. The highest BCUT2D eigenvalue weighted by atomic mass is 16.5. The number of ether oxygens (including phenoxy) is 1. The fourth-order valence-corrected chi connectivity index (χ4v) is 2.51. The van der Waals surface area contributed by atoms with E-state index < -0.39 is 0 Å². The molecular weight excluding hydrogens is 198 g/mol. The van der Waals surface area contributed by atoms with Crippen LogP contribution in [0.4, 0.5) is 0 Å². The first-order chi connectivity index (χ1) is 7.86. The Balaban J connectivity index is 1.95. The normalized spacial score (nSPS) is 25.9. The molecule has 1 aliphatic carbocycles. The maximum atomic E-state index is 5.96. The maximum absolute atomic E-state index is 5.96. The van der Waals surface area contributed by atoms with E-state index in [2.05, 4.69) is 19.2 Å². The van der Waals surface area contributed by atoms with Crippen molar-refractivity contribution in [3.05, 3.63) is 0 Å². The Bertz CT molecular complexity index is 161. The monoisotopic (exact) mass is 227 g/mol. The van der Waals surface area contributed by atoms with Gasteiger partial charge in [-0.15, -0.1) is 0 Å². The summed E-state index contributed by atoms with van der Waals surface area (Å²) in [4.78, 5) is 0. The van der Waals surface area contributed by atoms with Crippen LogP contribution in [-0.4, -0.2) is 25.8 Å². The lowest BCUT2D eigenvalue weighted by Crippen LogP contribution is -2.24. The molecule has 0 bridgehead atoms. The Morgan fingerprint density at radius 3 is 2.81 bits per heavy atom. The van der Waals surface area contributed by atoms with Gasteiger partial charge in [-0.05, 0) is 44.7 Å². The van der Waals surface area contributed by atoms with Crippen molar-refractivity contribution < 1.29 is 4.74 Å². The number of hydrogen-bond acceptors (Lipinski definition) is 2. The van der Waals surface area contributed by atoms with E-state index in [9.17, 15) is 0 Å². The second-order valence-corrected chi connectivity index (χ2v) is 5.04. The molecule has 0 heterocycles. The van der Waals surface area contributed by atoms with Gasteiger partial charge in [0.05, 0.1) is 6.10 Å². The molecule has 0 aliphatic heterocycles. The average Bonchev–Trinajstić information content (AvgIpc) is 2.34. The van der Waals surface area contributed by atoms with Crippen molar-refractivity contribution >= 4 is 0 Å². The number of nitrogens with one attached hydrogen (secondary N) is 1. The molecule has 2 heteroatoms. The highest BCUT2D eigenvalue weighted by Gasteiger charge is 2.20. The number of rotatable bonds is 8. The van der Waals surface area contributed by atoms with Gasteiger partial charge >= 0.3 is 0 Å². The molecule has 2 unspecified atom stereocenters. The van der Waals surface area contributed by atoms with E-state index in [1.165, 1.54) is 38.5 Å². The van der Waals surface area contributed by atoms with Gasteiger partial charge < -0.3 is 10.1 Å². The molecule has 1 N–H and O–H groups in total. The summed E-state index contributed by atoms with van der Waals surface area (Å²) in [6, 6.07) is 0. The van der Waals surface area contributed by atoms with E-state index in [1.54, 1.807) is 0 Å². The fraction of sp³-hybridized carbons (Fsp3) is 1.00.